The summed E-state index contributed by atoms with van der Waals surface area (Å²) < 4.78 is 37.5. The van der Waals surface area contributed by atoms with Crippen molar-refractivity contribution in [3.05, 3.63) is 48.0 Å². The minimum atomic E-state index is -3.64. The van der Waals surface area contributed by atoms with Gasteiger partial charge >= 0.3 is 0 Å². The first-order chi connectivity index (χ1) is 14.0. The summed E-state index contributed by atoms with van der Waals surface area (Å²) in [6.45, 7) is 0.696. The minimum absolute atomic E-state index is 0.140. The van der Waals surface area contributed by atoms with Crippen molar-refractivity contribution in [2.45, 2.75) is 17.7 Å². The zero-order chi connectivity index (χ0) is 20.4. The standard InChI is InChI=1S/C20H19N3O5S/c21-12-14-1-4-17(5-2-14)29(25,26)23-9-7-15(8-10-23)20(24)22-16-3-6-18-19(11-16)28-13-27-18/h1-6,11,15H,7-10,13H2,(H,22,24). The predicted molar refractivity (Wildman–Crippen MR) is 104 cm³/mol. The average molecular weight is 413 g/mol. The van der Waals surface area contributed by atoms with E-state index in [9.17, 15) is 13.2 Å². The number of sulfonamides is 1. The number of hydrogen-bond acceptors (Lipinski definition) is 6. The molecule has 2 aliphatic heterocycles. The number of benzene rings is 2. The molecule has 8 nitrogen and oxygen atoms in total. The Morgan fingerprint density at radius 1 is 1.07 bits per heavy atom. The lowest BCUT2D eigenvalue weighted by Crippen LogP contribution is -2.41. The van der Waals surface area contributed by atoms with Crippen LogP contribution in [0, 0.1) is 17.2 Å². The van der Waals surface area contributed by atoms with Gasteiger partial charge in [-0.1, -0.05) is 0 Å². The van der Waals surface area contributed by atoms with Gasteiger partial charge in [-0.2, -0.15) is 9.57 Å². The largest absolute Gasteiger partial charge is 0.454 e. The third-order valence-electron chi connectivity index (χ3n) is 5.09. The molecule has 0 spiro atoms. The zero-order valence-corrected chi connectivity index (χ0v) is 16.3. The second-order valence-electron chi connectivity index (χ2n) is 6.87. The molecule has 0 bridgehead atoms. The number of carbonyl (C=O) groups is 1. The van der Waals surface area contributed by atoms with E-state index < -0.39 is 10.0 Å². The Morgan fingerprint density at radius 3 is 2.45 bits per heavy atom. The Hall–Kier alpha value is -3.09. The number of nitrogens with zero attached hydrogens (tertiary/aromatic N) is 2. The topological polar surface area (TPSA) is 109 Å². The molecule has 9 heteroatoms. The van der Waals surface area contributed by atoms with E-state index in [0.717, 1.165) is 0 Å². The Balaban J connectivity index is 1.37. The molecule has 2 heterocycles. The highest BCUT2D eigenvalue weighted by atomic mass is 32.2. The minimum Gasteiger partial charge on any atom is -0.454 e. The van der Waals surface area contributed by atoms with E-state index in [1.165, 1.54) is 28.6 Å². The zero-order valence-electron chi connectivity index (χ0n) is 15.5. The van der Waals surface area contributed by atoms with E-state index in [1.54, 1.807) is 18.2 Å². The van der Waals surface area contributed by atoms with Gasteiger partial charge in [0.05, 0.1) is 16.5 Å². The molecule has 1 saturated heterocycles. The molecule has 2 aromatic rings. The first-order valence-electron chi connectivity index (χ1n) is 9.18. The molecule has 2 aromatic carbocycles. The molecule has 150 valence electrons. The summed E-state index contributed by atoms with van der Waals surface area (Å²) in [5, 5.41) is 11.7. The fourth-order valence-electron chi connectivity index (χ4n) is 3.43. The highest BCUT2D eigenvalue weighted by Gasteiger charge is 2.32. The SMILES string of the molecule is N#Cc1ccc(S(=O)(=O)N2CCC(C(=O)Nc3ccc4c(c3)OCO4)CC2)cc1. The lowest BCUT2D eigenvalue weighted by atomic mass is 9.97. The third-order valence-corrected chi connectivity index (χ3v) is 7.00. The molecular formula is C20H19N3O5S. The fourth-order valence-corrected chi connectivity index (χ4v) is 4.90. The van der Waals surface area contributed by atoms with Crippen LogP contribution in [0.5, 0.6) is 11.5 Å². The van der Waals surface area contributed by atoms with E-state index in [2.05, 4.69) is 5.32 Å². The summed E-state index contributed by atoms with van der Waals surface area (Å²) in [6.07, 6.45) is 0.873. The van der Waals surface area contributed by atoms with Gasteiger partial charge in [-0.25, -0.2) is 8.42 Å². The monoisotopic (exact) mass is 413 g/mol. The molecular weight excluding hydrogens is 394 g/mol. The number of nitriles is 1. The fraction of sp³-hybridized carbons (Fsp3) is 0.300. The van der Waals surface area contributed by atoms with Gasteiger partial charge in [0, 0.05) is 30.8 Å². The van der Waals surface area contributed by atoms with Gasteiger partial charge in [-0.3, -0.25) is 4.79 Å². The molecule has 2 aliphatic rings. The predicted octanol–water partition coefficient (Wildman–Crippen LogP) is 2.33. The summed E-state index contributed by atoms with van der Waals surface area (Å²) in [4.78, 5) is 12.7. The molecule has 0 aromatic heterocycles. The van der Waals surface area contributed by atoms with Crippen molar-refractivity contribution in [1.82, 2.24) is 4.31 Å². The van der Waals surface area contributed by atoms with E-state index in [4.69, 9.17) is 14.7 Å². The summed E-state index contributed by atoms with van der Waals surface area (Å²) >= 11 is 0. The lowest BCUT2D eigenvalue weighted by Gasteiger charge is -2.30. The highest BCUT2D eigenvalue weighted by molar-refractivity contribution is 7.89. The summed E-state index contributed by atoms with van der Waals surface area (Å²) in [6, 6.07) is 13.0. The molecule has 0 radical (unpaired) electrons. The van der Waals surface area contributed by atoms with Gasteiger partial charge in [0.25, 0.3) is 0 Å². The number of amides is 1. The Labute approximate surface area is 168 Å². The maximum atomic E-state index is 12.8. The van der Waals surface area contributed by atoms with Crippen LogP contribution >= 0.6 is 0 Å². The van der Waals surface area contributed by atoms with Gasteiger partial charge in [-0.05, 0) is 49.2 Å². The maximum absolute atomic E-state index is 12.8. The van der Waals surface area contributed by atoms with Gasteiger partial charge in [0.2, 0.25) is 22.7 Å². The van der Waals surface area contributed by atoms with Crippen LogP contribution in [0.1, 0.15) is 18.4 Å². The second-order valence-corrected chi connectivity index (χ2v) is 8.81. The van der Waals surface area contributed by atoms with Crippen LogP contribution < -0.4 is 14.8 Å². The molecule has 29 heavy (non-hydrogen) atoms. The van der Waals surface area contributed by atoms with Gasteiger partial charge in [0.15, 0.2) is 11.5 Å². The van der Waals surface area contributed by atoms with Crippen LogP contribution in [0.25, 0.3) is 0 Å². The smallest absolute Gasteiger partial charge is 0.243 e. The molecule has 0 unspecified atom stereocenters. The number of rotatable bonds is 4. The first kappa shape index (κ1) is 19.2. The molecule has 4 rings (SSSR count). The van der Waals surface area contributed by atoms with Crippen LogP contribution in [0.3, 0.4) is 0 Å². The van der Waals surface area contributed by atoms with Crippen LogP contribution in [-0.2, 0) is 14.8 Å². The van der Waals surface area contributed by atoms with E-state index in [-0.39, 0.29) is 36.6 Å². The Morgan fingerprint density at radius 2 is 1.76 bits per heavy atom. The van der Waals surface area contributed by atoms with Crippen molar-refractivity contribution in [3.8, 4) is 17.6 Å². The number of carbonyl (C=O) groups excluding carboxylic acids is 1. The Bertz CT molecular complexity index is 1070. The van der Waals surface area contributed by atoms with E-state index >= 15 is 0 Å². The number of ether oxygens (including phenoxy) is 2. The van der Waals surface area contributed by atoms with Crippen molar-refractivity contribution < 1.29 is 22.7 Å². The van der Waals surface area contributed by atoms with E-state index in [0.29, 0.717) is 35.6 Å². The van der Waals surface area contributed by atoms with Crippen LogP contribution in [0.15, 0.2) is 47.4 Å². The first-order valence-corrected chi connectivity index (χ1v) is 10.6. The normalized spacial score (nSPS) is 16.9. The maximum Gasteiger partial charge on any atom is 0.243 e. The van der Waals surface area contributed by atoms with Crippen LogP contribution in [-0.4, -0.2) is 38.5 Å². The average Bonchev–Trinajstić information content (AvgIpc) is 3.22. The quantitative estimate of drug-likeness (QED) is 0.824. The molecule has 0 aliphatic carbocycles. The van der Waals surface area contributed by atoms with Crippen LogP contribution in [0.2, 0.25) is 0 Å². The number of fused-ring (bicyclic) bond motifs is 1. The van der Waals surface area contributed by atoms with Gasteiger partial charge in [0.1, 0.15) is 0 Å². The molecule has 1 amide bonds. The van der Waals surface area contributed by atoms with Crippen molar-refractivity contribution in [2.75, 3.05) is 25.2 Å². The summed E-state index contributed by atoms with van der Waals surface area (Å²) in [5.74, 6) is 0.822. The Kier molecular flexibility index (Phi) is 5.13. The number of hydrogen-bond donors (Lipinski definition) is 1. The van der Waals surface area contributed by atoms with Crippen molar-refractivity contribution in [2.24, 2.45) is 5.92 Å². The molecule has 0 saturated carbocycles. The second kappa shape index (κ2) is 7.73. The lowest BCUT2D eigenvalue weighted by molar-refractivity contribution is -0.120. The van der Waals surface area contributed by atoms with Crippen molar-refractivity contribution >= 4 is 21.6 Å². The molecule has 1 N–H and O–H groups in total. The third kappa shape index (κ3) is 3.90. The van der Waals surface area contributed by atoms with Crippen molar-refractivity contribution in [1.29, 1.82) is 5.26 Å². The van der Waals surface area contributed by atoms with Crippen molar-refractivity contribution in [3.63, 3.8) is 0 Å². The van der Waals surface area contributed by atoms with Gasteiger partial charge in [-0.15, -0.1) is 0 Å². The number of piperidine rings is 1. The molecule has 0 atom stereocenters. The summed E-state index contributed by atoms with van der Waals surface area (Å²) in [7, 11) is -3.64. The molecule has 1 fully saturated rings. The van der Waals surface area contributed by atoms with Crippen LogP contribution in [0.4, 0.5) is 5.69 Å². The number of anilines is 1. The van der Waals surface area contributed by atoms with Gasteiger partial charge < -0.3 is 14.8 Å². The number of nitrogens with one attached hydrogen (secondary N) is 1. The summed E-state index contributed by atoms with van der Waals surface area (Å²) in [5.41, 5.74) is 1.02. The van der Waals surface area contributed by atoms with E-state index in [1.807, 2.05) is 6.07 Å². The highest BCUT2D eigenvalue weighted by Crippen LogP contribution is 2.34.